The van der Waals surface area contributed by atoms with Crippen molar-refractivity contribution in [3.63, 3.8) is 0 Å². The predicted molar refractivity (Wildman–Crippen MR) is 79.7 cm³/mol. The van der Waals surface area contributed by atoms with Crippen LogP contribution in [0.4, 0.5) is 4.39 Å². The maximum absolute atomic E-state index is 13.0. The van der Waals surface area contributed by atoms with E-state index in [2.05, 4.69) is 20.7 Å². The van der Waals surface area contributed by atoms with Crippen LogP contribution in [0, 0.1) is 5.82 Å². The van der Waals surface area contributed by atoms with Crippen LogP contribution in [0.1, 0.15) is 19.3 Å². The molecule has 1 N–H and O–H groups in total. The molecule has 1 amide bonds. The van der Waals surface area contributed by atoms with Crippen LogP contribution in [0.2, 0.25) is 0 Å². The van der Waals surface area contributed by atoms with E-state index in [-0.39, 0.29) is 21.8 Å². The molecule has 1 aromatic carbocycles. The van der Waals surface area contributed by atoms with E-state index in [0.29, 0.717) is 19.4 Å². The zero-order valence-corrected chi connectivity index (χ0v) is 13.7. The molecule has 1 aliphatic rings. The number of halogens is 2. The molecule has 0 bridgehead atoms. The van der Waals surface area contributed by atoms with Gasteiger partial charge < -0.3 is 4.90 Å². The second-order valence-electron chi connectivity index (χ2n) is 4.81. The number of carbonyl (C=O) groups excluding carboxylic acids is 1. The smallest absolute Gasteiger partial charge is 0.241 e. The van der Waals surface area contributed by atoms with Gasteiger partial charge in [0.15, 0.2) is 0 Å². The molecular formula is C13H16BrFN2O3S. The number of rotatable bonds is 6. The second-order valence-corrected chi connectivity index (χ2v) is 7.40. The van der Waals surface area contributed by atoms with Crippen LogP contribution < -0.4 is 4.72 Å². The largest absolute Gasteiger partial charge is 0.343 e. The quantitative estimate of drug-likeness (QED) is 0.768. The summed E-state index contributed by atoms with van der Waals surface area (Å²) in [6, 6.07) is 3.42. The second kappa shape index (κ2) is 6.85. The minimum absolute atomic E-state index is 0.00106. The summed E-state index contributed by atoms with van der Waals surface area (Å²) in [5.74, 6) is -0.382. The van der Waals surface area contributed by atoms with Gasteiger partial charge in [0, 0.05) is 30.5 Å². The van der Waals surface area contributed by atoms with E-state index in [1.807, 2.05) is 0 Å². The highest BCUT2D eigenvalue weighted by atomic mass is 79.9. The normalized spacial score (nSPS) is 15.7. The molecule has 1 fully saturated rings. The zero-order valence-electron chi connectivity index (χ0n) is 11.3. The first kappa shape index (κ1) is 16.4. The van der Waals surface area contributed by atoms with Crippen molar-refractivity contribution in [1.29, 1.82) is 0 Å². The standard InChI is InChI=1S/C13H16BrFN2O3S/c14-11-9-10(15)4-5-12(11)21(19,20)16-6-2-8-17-7-1-3-13(17)18/h4-5,9,16H,1-3,6-8H2. The van der Waals surface area contributed by atoms with Gasteiger partial charge in [0.2, 0.25) is 15.9 Å². The van der Waals surface area contributed by atoms with Gasteiger partial charge in [-0.25, -0.2) is 17.5 Å². The first-order valence-electron chi connectivity index (χ1n) is 6.62. The lowest BCUT2D eigenvalue weighted by Gasteiger charge is -2.15. The van der Waals surface area contributed by atoms with Gasteiger partial charge in [-0.05, 0) is 47.0 Å². The summed E-state index contributed by atoms with van der Waals surface area (Å²) < 4.78 is 39.8. The fraction of sp³-hybridized carbons (Fsp3) is 0.462. The van der Waals surface area contributed by atoms with Gasteiger partial charge >= 0.3 is 0 Å². The number of carbonyl (C=O) groups is 1. The lowest BCUT2D eigenvalue weighted by atomic mass is 10.3. The molecule has 0 atom stereocenters. The lowest BCUT2D eigenvalue weighted by Crippen LogP contribution is -2.30. The third-order valence-electron chi connectivity index (χ3n) is 3.25. The maximum Gasteiger partial charge on any atom is 0.241 e. The molecule has 1 saturated heterocycles. The summed E-state index contributed by atoms with van der Waals surface area (Å²) >= 11 is 3.04. The maximum atomic E-state index is 13.0. The van der Waals surface area contributed by atoms with E-state index in [1.54, 1.807) is 4.90 Å². The van der Waals surface area contributed by atoms with Crippen LogP contribution in [0.3, 0.4) is 0 Å². The van der Waals surface area contributed by atoms with Gasteiger partial charge in [-0.1, -0.05) is 0 Å². The minimum Gasteiger partial charge on any atom is -0.343 e. The summed E-state index contributed by atoms with van der Waals surface area (Å²) in [5, 5.41) is 0. The van der Waals surface area contributed by atoms with Crippen LogP contribution in [-0.4, -0.2) is 38.9 Å². The van der Waals surface area contributed by atoms with E-state index in [9.17, 15) is 17.6 Å². The van der Waals surface area contributed by atoms with E-state index in [4.69, 9.17) is 0 Å². The Kier molecular flexibility index (Phi) is 5.34. The average Bonchev–Trinajstić information content (AvgIpc) is 2.80. The topological polar surface area (TPSA) is 66.5 Å². The molecule has 2 rings (SSSR count). The summed E-state index contributed by atoms with van der Waals surface area (Å²) in [6.07, 6.45) is 1.99. The number of sulfonamides is 1. The van der Waals surface area contributed by atoms with Gasteiger partial charge in [0.25, 0.3) is 0 Å². The molecule has 0 unspecified atom stereocenters. The highest BCUT2D eigenvalue weighted by molar-refractivity contribution is 9.10. The number of hydrogen-bond donors (Lipinski definition) is 1. The van der Waals surface area contributed by atoms with Gasteiger partial charge in [0.05, 0.1) is 4.90 Å². The van der Waals surface area contributed by atoms with Crippen molar-refractivity contribution < 1.29 is 17.6 Å². The zero-order chi connectivity index (χ0) is 15.5. The summed E-state index contributed by atoms with van der Waals surface area (Å²) in [4.78, 5) is 13.1. The summed E-state index contributed by atoms with van der Waals surface area (Å²) in [6.45, 7) is 1.52. The molecule has 1 aromatic rings. The van der Waals surface area contributed by atoms with E-state index in [0.717, 1.165) is 25.1 Å². The molecule has 0 aromatic heterocycles. The molecular weight excluding hydrogens is 363 g/mol. The third-order valence-corrected chi connectivity index (χ3v) is 5.69. The van der Waals surface area contributed by atoms with Crippen LogP contribution >= 0.6 is 15.9 Å². The van der Waals surface area contributed by atoms with Crippen LogP contribution in [0.25, 0.3) is 0 Å². The Morgan fingerprint density at radius 3 is 2.76 bits per heavy atom. The monoisotopic (exact) mass is 378 g/mol. The number of hydrogen-bond acceptors (Lipinski definition) is 3. The molecule has 0 spiro atoms. The van der Waals surface area contributed by atoms with Crippen molar-refractivity contribution in [3.05, 3.63) is 28.5 Å². The Balaban J connectivity index is 1.88. The Hall–Kier alpha value is -0.990. The van der Waals surface area contributed by atoms with Gasteiger partial charge in [0.1, 0.15) is 5.82 Å². The first-order valence-corrected chi connectivity index (χ1v) is 8.90. The predicted octanol–water partition coefficient (Wildman–Crippen LogP) is 1.88. The molecule has 0 radical (unpaired) electrons. The van der Waals surface area contributed by atoms with Crippen molar-refractivity contribution in [3.8, 4) is 0 Å². The van der Waals surface area contributed by atoms with Crippen LogP contribution in [-0.2, 0) is 14.8 Å². The highest BCUT2D eigenvalue weighted by Gasteiger charge is 2.20. The van der Waals surface area contributed by atoms with Gasteiger partial charge in [-0.3, -0.25) is 4.79 Å². The fourth-order valence-electron chi connectivity index (χ4n) is 2.19. The molecule has 1 heterocycles. The number of nitrogens with one attached hydrogen (secondary N) is 1. The van der Waals surface area contributed by atoms with Crippen molar-refractivity contribution >= 4 is 31.9 Å². The van der Waals surface area contributed by atoms with Crippen LogP contribution in [0.15, 0.2) is 27.6 Å². The van der Waals surface area contributed by atoms with E-state index >= 15 is 0 Å². The lowest BCUT2D eigenvalue weighted by molar-refractivity contribution is -0.127. The van der Waals surface area contributed by atoms with Gasteiger partial charge in [-0.2, -0.15) is 0 Å². The van der Waals surface area contributed by atoms with Crippen molar-refractivity contribution in [2.24, 2.45) is 0 Å². The van der Waals surface area contributed by atoms with Gasteiger partial charge in [-0.15, -0.1) is 0 Å². The van der Waals surface area contributed by atoms with Crippen molar-refractivity contribution in [2.75, 3.05) is 19.6 Å². The Labute approximate surface area is 131 Å². The SMILES string of the molecule is O=C1CCCN1CCCNS(=O)(=O)c1ccc(F)cc1Br. The van der Waals surface area contributed by atoms with Crippen molar-refractivity contribution in [1.82, 2.24) is 9.62 Å². The average molecular weight is 379 g/mol. The fourth-order valence-corrected chi connectivity index (χ4v) is 4.31. The Morgan fingerprint density at radius 2 is 2.14 bits per heavy atom. The Bertz CT molecular complexity index is 636. The highest BCUT2D eigenvalue weighted by Crippen LogP contribution is 2.22. The van der Waals surface area contributed by atoms with Crippen LogP contribution in [0.5, 0.6) is 0 Å². The molecule has 1 aliphatic heterocycles. The molecule has 5 nitrogen and oxygen atoms in total. The molecule has 0 saturated carbocycles. The minimum atomic E-state index is -3.68. The molecule has 0 aliphatic carbocycles. The summed E-state index contributed by atoms with van der Waals surface area (Å²) in [7, 11) is -3.68. The number of amides is 1. The molecule has 116 valence electrons. The number of nitrogens with zero attached hydrogens (tertiary/aromatic N) is 1. The third kappa shape index (κ3) is 4.24. The molecule has 8 heteroatoms. The molecule has 21 heavy (non-hydrogen) atoms. The van der Waals surface area contributed by atoms with Crippen molar-refractivity contribution in [2.45, 2.75) is 24.2 Å². The Morgan fingerprint density at radius 1 is 1.38 bits per heavy atom. The van der Waals surface area contributed by atoms with E-state index < -0.39 is 15.8 Å². The number of likely N-dealkylation sites (tertiary alicyclic amines) is 1. The number of benzene rings is 1. The first-order chi connectivity index (χ1) is 9.90. The van der Waals surface area contributed by atoms with E-state index in [1.165, 1.54) is 6.07 Å². The summed E-state index contributed by atoms with van der Waals surface area (Å²) in [5.41, 5.74) is 0.